The fraction of sp³-hybridized carbons (Fsp3) is 0.188. The summed E-state index contributed by atoms with van der Waals surface area (Å²) in [7, 11) is 0. The first-order valence-corrected chi connectivity index (χ1v) is 7.21. The Morgan fingerprint density at radius 2 is 1.68 bits per heavy atom. The van der Waals surface area contributed by atoms with Gasteiger partial charge < -0.3 is 0 Å². The molecule has 0 saturated carbocycles. The molecule has 0 aliphatic rings. The predicted octanol–water partition coefficient (Wildman–Crippen LogP) is 4.58. The van der Waals surface area contributed by atoms with Gasteiger partial charge in [0.2, 0.25) is 0 Å². The van der Waals surface area contributed by atoms with Gasteiger partial charge in [-0.15, -0.1) is 11.8 Å². The van der Waals surface area contributed by atoms with Crippen LogP contribution in [0, 0.1) is 5.82 Å². The molecule has 0 fully saturated rings. The Kier molecular flexibility index (Phi) is 5.16. The van der Waals surface area contributed by atoms with Crippen molar-refractivity contribution in [3.8, 4) is 0 Å². The minimum absolute atomic E-state index is 0.148. The van der Waals surface area contributed by atoms with E-state index in [9.17, 15) is 9.18 Å². The van der Waals surface area contributed by atoms with E-state index < -0.39 is 0 Å². The van der Waals surface area contributed by atoms with Crippen molar-refractivity contribution in [3.05, 3.63) is 66.0 Å². The molecule has 2 rings (SSSR count). The van der Waals surface area contributed by atoms with Gasteiger partial charge in [0, 0.05) is 16.9 Å². The van der Waals surface area contributed by atoms with Crippen LogP contribution in [-0.2, 0) is 0 Å². The van der Waals surface area contributed by atoms with Gasteiger partial charge in [-0.2, -0.15) is 0 Å². The van der Waals surface area contributed by atoms with E-state index in [0.29, 0.717) is 11.3 Å². The van der Waals surface area contributed by atoms with Crippen LogP contribution in [-0.4, -0.2) is 11.5 Å². The largest absolute Gasteiger partial charge is 0.294 e. The number of halogens is 1. The van der Waals surface area contributed by atoms with Crippen molar-refractivity contribution in [2.45, 2.75) is 17.7 Å². The lowest BCUT2D eigenvalue weighted by Crippen LogP contribution is -1.99. The van der Waals surface area contributed by atoms with Crippen LogP contribution in [0.3, 0.4) is 0 Å². The molecule has 19 heavy (non-hydrogen) atoms. The molecule has 0 aliphatic carbocycles. The lowest BCUT2D eigenvalue weighted by Gasteiger charge is -2.03. The summed E-state index contributed by atoms with van der Waals surface area (Å²) in [6.45, 7) is 0. The average Bonchev–Trinajstić information content (AvgIpc) is 2.46. The first kappa shape index (κ1) is 13.8. The van der Waals surface area contributed by atoms with Gasteiger partial charge in [0.25, 0.3) is 0 Å². The Hall–Kier alpha value is -1.61. The molecule has 0 bridgehead atoms. The van der Waals surface area contributed by atoms with Crippen molar-refractivity contribution in [1.82, 2.24) is 0 Å². The minimum Gasteiger partial charge on any atom is -0.294 e. The molecule has 0 aromatic heterocycles. The molecule has 0 N–H and O–H groups in total. The number of carbonyl (C=O) groups excluding carboxylic acids is 1. The molecule has 0 radical (unpaired) electrons. The molecular weight excluding hydrogens is 259 g/mol. The third-order valence-electron chi connectivity index (χ3n) is 2.74. The molecule has 0 heterocycles. The summed E-state index contributed by atoms with van der Waals surface area (Å²) >= 11 is 1.46. The van der Waals surface area contributed by atoms with Crippen molar-refractivity contribution in [2.24, 2.45) is 0 Å². The van der Waals surface area contributed by atoms with Gasteiger partial charge in [0.1, 0.15) is 5.82 Å². The molecule has 2 aromatic rings. The molecule has 0 atom stereocenters. The fourth-order valence-electron chi connectivity index (χ4n) is 1.75. The lowest BCUT2D eigenvalue weighted by atomic mass is 10.1. The molecule has 0 unspecified atom stereocenters. The smallest absolute Gasteiger partial charge is 0.162 e. The van der Waals surface area contributed by atoms with E-state index >= 15 is 0 Å². The molecule has 0 aliphatic heterocycles. The second-order valence-electron chi connectivity index (χ2n) is 4.17. The third kappa shape index (κ3) is 4.21. The standard InChI is InChI=1S/C16H15FOS/c17-14-9-4-5-11-16(14)19-12-6-10-15(18)13-7-2-1-3-8-13/h1-5,7-9,11H,6,10,12H2. The summed E-state index contributed by atoms with van der Waals surface area (Å²) in [5.74, 6) is 0.705. The second-order valence-corrected chi connectivity index (χ2v) is 5.31. The number of Topliss-reactive ketones (excluding diaryl/α,β-unsaturated/α-hetero) is 1. The van der Waals surface area contributed by atoms with E-state index in [4.69, 9.17) is 0 Å². The zero-order chi connectivity index (χ0) is 13.5. The molecule has 3 heteroatoms. The Morgan fingerprint density at radius 1 is 1.00 bits per heavy atom. The van der Waals surface area contributed by atoms with Crippen LogP contribution in [0.2, 0.25) is 0 Å². The molecule has 2 aromatic carbocycles. The van der Waals surface area contributed by atoms with E-state index in [0.717, 1.165) is 17.7 Å². The van der Waals surface area contributed by atoms with Crippen LogP contribution >= 0.6 is 11.8 Å². The van der Waals surface area contributed by atoms with Crippen LogP contribution in [0.1, 0.15) is 23.2 Å². The monoisotopic (exact) mass is 274 g/mol. The van der Waals surface area contributed by atoms with Gasteiger partial charge >= 0.3 is 0 Å². The minimum atomic E-state index is -0.193. The van der Waals surface area contributed by atoms with Crippen molar-refractivity contribution in [1.29, 1.82) is 0 Å². The van der Waals surface area contributed by atoms with Crippen LogP contribution < -0.4 is 0 Å². The Labute approximate surface area is 116 Å². The van der Waals surface area contributed by atoms with E-state index in [-0.39, 0.29) is 11.6 Å². The van der Waals surface area contributed by atoms with Crippen LogP contribution in [0.15, 0.2) is 59.5 Å². The zero-order valence-electron chi connectivity index (χ0n) is 10.5. The highest BCUT2D eigenvalue weighted by Crippen LogP contribution is 2.22. The number of ketones is 1. The highest BCUT2D eigenvalue weighted by molar-refractivity contribution is 7.99. The number of benzene rings is 2. The van der Waals surface area contributed by atoms with Gasteiger partial charge in [-0.05, 0) is 24.3 Å². The summed E-state index contributed by atoms with van der Waals surface area (Å²) in [6, 6.07) is 16.0. The lowest BCUT2D eigenvalue weighted by molar-refractivity contribution is 0.0982. The van der Waals surface area contributed by atoms with Gasteiger partial charge in [-0.1, -0.05) is 42.5 Å². The third-order valence-corrected chi connectivity index (χ3v) is 3.87. The van der Waals surface area contributed by atoms with E-state index in [2.05, 4.69) is 0 Å². The summed E-state index contributed by atoms with van der Waals surface area (Å²) in [5.41, 5.74) is 0.749. The molecule has 98 valence electrons. The quantitative estimate of drug-likeness (QED) is 0.435. The molecular formula is C16H15FOS. The molecule has 1 nitrogen and oxygen atoms in total. The maximum absolute atomic E-state index is 13.4. The number of rotatable bonds is 6. The summed E-state index contributed by atoms with van der Waals surface area (Å²) in [5, 5.41) is 0. The Bertz CT molecular complexity index is 539. The second kappa shape index (κ2) is 7.10. The first-order chi connectivity index (χ1) is 9.27. The topological polar surface area (TPSA) is 17.1 Å². The number of carbonyl (C=O) groups is 1. The van der Waals surface area contributed by atoms with Crippen LogP contribution in [0.5, 0.6) is 0 Å². The van der Waals surface area contributed by atoms with Crippen molar-refractivity contribution in [3.63, 3.8) is 0 Å². The van der Waals surface area contributed by atoms with Crippen molar-refractivity contribution < 1.29 is 9.18 Å². The van der Waals surface area contributed by atoms with E-state index in [1.807, 2.05) is 36.4 Å². The maximum Gasteiger partial charge on any atom is 0.162 e. The van der Waals surface area contributed by atoms with Crippen molar-refractivity contribution >= 4 is 17.5 Å². The number of hydrogen-bond donors (Lipinski definition) is 0. The fourth-order valence-corrected chi connectivity index (χ4v) is 2.63. The Balaban J connectivity index is 1.76. The summed E-state index contributed by atoms with van der Waals surface area (Å²) in [6.07, 6.45) is 1.26. The van der Waals surface area contributed by atoms with Gasteiger partial charge in [0.05, 0.1) is 0 Å². The molecule has 0 saturated heterocycles. The molecule has 0 amide bonds. The predicted molar refractivity (Wildman–Crippen MR) is 77.1 cm³/mol. The van der Waals surface area contributed by atoms with Crippen LogP contribution in [0.25, 0.3) is 0 Å². The Morgan fingerprint density at radius 3 is 2.42 bits per heavy atom. The van der Waals surface area contributed by atoms with Crippen LogP contribution in [0.4, 0.5) is 4.39 Å². The van der Waals surface area contributed by atoms with Gasteiger partial charge in [-0.25, -0.2) is 4.39 Å². The summed E-state index contributed by atoms with van der Waals surface area (Å²) < 4.78 is 13.4. The van der Waals surface area contributed by atoms with Gasteiger partial charge in [-0.3, -0.25) is 4.79 Å². The normalized spacial score (nSPS) is 10.4. The molecule has 0 spiro atoms. The summed E-state index contributed by atoms with van der Waals surface area (Å²) in [4.78, 5) is 12.5. The van der Waals surface area contributed by atoms with Gasteiger partial charge in [0.15, 0.2) is 5.78 Å². The number of hydrogen-bond acceptors (Lipinski definition) is 2. The first-order valence-electron chi connectivity index (χ1n) is 6.23. The highest BCUT2D eigenvalue weighted by atomic mass is 32.2. The van der Waals surface area contributed by atoms with E-state index in [1.165, 1.54) is 17.8 Å². The zero-order valence-corrected chi connectivity index (χ0v) is 11.3. The highest BCUT2D eigenvalue weighted by Gasteiger charge is 2.05. The van der Waals surface area contributed by atoms with E-state index in [1.54, 1.807) is 12.1 Å². The maximum atomic E-state index is 13.4. The number of thioether (sulfide) groups is 1. The SMILES string of the molecule is O=C(CCCSc1ccccc1F)c1ccccc1. The van der Waals surface area contributed by atoms with Crippen molar-refractivity contribution in [2.75, 3.05) is 5.75 Å². The average molecular weight is 274 g/mol.